The maximum Gasteiger partial charge on any atom is 0.280 e. The summed E-state index contributed by atoms with van der Waals surface area (Å²) in [6, 6.07) is 3.62. The highest BCUT2D eigenvalue weighted by molar-refractivity contribution is 7.08. The largest absolute Gasteiger partial charge is 0.383 e. The molecule has 3 N–H and O–H groups in total. The molecule has 0 amide bonds. The van der Waals surface area contributed by atoms with Crippen LogP contribution in [0.4, 0.5) is 5.82 Å². The fourth-order valence-electron chi connectivity index (χ4n) is 2.64. The molecule has 3 rings (SSSR count). The molecule has 1 saturated heterocycles. The summed E-state index contributed by atoms with van der Waals surface area (Å²) in [6.07, 6.45) is 2.17. The van der Waals surface area contributed by atoms with Crippen LogP contribution in [0.3, 0.4) is 0 Å². The molecule has 1 fully saturated rings. The fourth-order valence-corrected chi connectivity index (χ4v) is 3.27. The number of anilines is 1. The van der Waals surface area contributed by atoms with Crippen LogP contribution in [0.15, 0.2) is 22.9 Å². The summed E-state index contributed by atoms with van der Waals surface area (Å²) < 4.78 is 1.32. The highest BCUT2D eigenvalue weighted by Crippen LogP contribution is 2.30. The van der Waals surface area contributed by atoms with Crippen molar-refractivity contribution in [3.63, 3.8) is 0 Å². The number of nitrogens with two attached hydrogens (primary N) is 1. The number of rotatable bonds is 2. The van der Waals surface area contributed by atoms with E-state index in [2.05, 4.69) is 17.3 Å². The lowest BCUT2D eigenvalue weighted by atomic mass is 9.80. The number of carbonyl (C=O) groups excluding carboxylic acids is 1. The molecule has 0 radical (unpaired) electrons. The van der Waals surface area contributed by atoms with Crippen molar-refractivity contribution in [2.24, 2.45) is 0 Å². The number of piperidine rings is 1. The Balaban J connectivity index is 1.93. The molecule has 0 aliphatic carbocycles. The van der Waals surface area contributed by atoms with Gasteiger partial charge in [0.15, 0.2) is 0 Å². The van der Waals surface area contributed by atoms with Crippen LogP contribution in [0.5, 0.6) is 0 Å². The third-order valence-corrected chi connectivity index (χ3v) is 4.60. The minimum atomic E-state index is -0.164. The highest BCUT2D eigenvalue weighted by atomic mass is 32.1. The number of nitrogen functional groups attached to an aromatic ring is 1. The van der Waals surface area contributed by atoms with Crippen LogP contribution >= 0.6 is 11.3 Å². The Morgan fingerprint density at radius 3 is 3.10 bits per heavy atom. The van der Waals surface area contributed by atoms with Crippen LogP contribution in [0.1, 0.15) is 35.8 Å². The topological polar surface area (TPSA) is 72.9 Å². The van der Waals surface area contributed by atoms with Gasteiger partial charge in [-0.1, -0.05) is 6.92 Å². The number of thiophene rings is 1. The first-order valence-electron chi connectivity index (χ1n) is 6.74. The van der Waals surface area contributed by atoms with E-state index < -0.39 is 0 Å². The van der Waals surface area contributed by atoms with Gasteiger partial charge >= 0.3 is 0 Å². The molecule has 5 nitrogen and oxygen atoms in total. The Morgan fingerprint density at radius 2 is 2.45 bits per heavy atom. The second-order valence-electron chi connectivity index (χ2n) is 5.52. The lowest BCUT2D eigenvalue weighted by molar-refractivity contribution is 0.0947. The Kier molecular flexibility index (Phi) is 3.35. The summed E-state index contributed by atoms with van der Waals surface area (Å²) in [5, 5.41) is 11.5. The second-order valence-corrected chi connectivity index (χ2v) is 6.30. The van der Waals surface area contributed by atoms with Gasteiger partial charge in [-0.05, 0) is 30.8 Å². The van der Waals surface area contributed by atoms with Gasteiger partial charge in [-0.2, -0.15) is 21.1 Å². The normalized spacial score (nSPS) is 22.9. The molecule has 1 unspecified atom stereocenters. The first-order valence-corrected chi connectivity index (χ1v) is 7.68. The van der Waals surface area contributed by atoms with Crippen molar-refractivity contribution in [3.05, 3.63) is 34.2 Å². The van der Waals surface area contributed by atoms with Crippen LogP contribution in [-0.4, -0.2) is 28.8 Å². The summed E-state index contributed by atoms with van der Waals surface area (Å²) in [6.45, 7) is 4.08. The molecule has 106 valence electrons. The molecule has 0 spiro atoms. The Hall–Kier alpha value is -1.66. The van der Waals surface area contributed by atoms with Gasteiger partial charge in [-0.25, -0.2) is 0 Å². The minimum absolute atomic E-state index is 0.0491. The molecule has 20 heavy (non-hydrogen) atoms. The van der Waals surface area contributed by atoms with Crippen molar-refractivity contribution in [2.45, 2.75) is 25.2 Å². The third kappa shape index (κ3) is 2.25. The van der Waals surface area contributed by atoms with Crippen LogP contribution in [0.2, 0.25) is 0 Å². The fraction of sp³-hybridized carbons (Fsp3) is 0.429. The summed E-state index contributed by atoms with van der Waals surface area (Å²) in [7, 11) is 0. The van der Waals surface area contributed by atoms with Gasteiger partial charge in [0, 0.05) is 23.4 Å². The predicted molar refractivity (Wildman–Crippen MR) is 80.1 cm³/mol. The van der Waals surface area contributed by atoms with Crippen molar-refractivity contribution in [1.29, 1.82) is 0 Å². The maximum atomic E-state index is 12.3. The number of nitrogens with one attached hydrogen (secondary N) is 1. The van der Waals surface area contributed by atoms with Crippen molar-refractivity contribution in [2.75, 3.05) is 18.8 Å². The van der Waals surface area contributed by atoms with Gasteiger partial charge in [0.05, 0.1) is 11.3 Å². The van der Waals surface area contributed by atoms with E-state index in [0.29, 0.717) is 11.4 Å². The molecule has 0 aromatic carbocycles. The van der Waals surface area contributed by atoms with Gasteiger partial charge < -0.3 is 11.1 Å². The van der Waals surface area contributed by atoms with Crippen molar-refractivity contribution < 1.29 is 4.79 Å². The Morgan fingerprint density at radius 1 is 1.60 bits per heavy atom. The Bertz CT molecular complexity index is 611. The molecule has 6 heteroatoms. The van der Waals surface area contributed by atoms with E-state index in [0.717, 1.165) is 31.6 Å². The second kappa shape index (κ2) is 5.03. The summed E-state index contributed by atoms with van der Waals surface area (Å²) in [5.41, 5.74) is 7.45. The monoisotopic (exact) mass is 290 g/mol. The summed E-state index contributed by atoms with van der Waals surface area (Å²) >= 11 is 1.49. The first kappa shape index (κ1) is 13.3. The zero-order valence-electron chi connectivity index (χ0n) is 11.4. The molecule has 1 atom stereocenters. The number of hydrogen-bond acceptors (Lipinski definition) is 5. The highest BCUT2D eigenvalue weighted by Gasteiger charge is 2.32. The van der Waals surface area contributed by atoms with Crippen molar-refractivity contribution >= 4 is 23.1 Å². The number of aromatic nitrogens is 2. The van der Waals surface area contributed by atoms with E-state index in [-0.39, 0.29) is 11.3 Å². The first-order chi connectivity index (χ1) is 9.60. The third-order valence-electron chi connectivity index (χ3n) is 3.91. The minimum Gasteiger partial charge on any atom is -0.383 e. The zero-order chi connectivity index (χ0) is 14.2. The van der Waals surface area contributed by atoms with Gasteiger partial charge in [0.1, 0.15) is 5.82 Å². The van der Waals surface area contributed by atoms with Crippen LogP contribution in [0.25, 0.3) is 0 Å². The van der Waals surface area contributed by atoms with Crippen molar-refractivity contribution in [1.82, 2.24) is 15.1 Å². The molecule has 3 heterocycles. The molecule has 1 aliphatic heterocycles. The predicted octanol–water partition coefficient (Wildman–Crippen LogP) is 1.86. The van der Waals surface area contributed by atoms with Gasteiger partial charge in [0.25, 0.3) is 5.91 Å². The van der Waals surface area contributed by atoms with E-state index in [9.17, 15) is 4.79 Å². The van der Waals surface area contributed by atoms with E-state index >= 15 is 0 Å². The lowest BCUT2D eigenvalue weighted by Gasteiger charge is -2.32. The van der Waals surface area contributed by atoms with E-state index in [1.807, 2.05) is 16.8 Å². The number of nitrogens with zero attached hydrogens (tertiary/aromatic N) is 2. The average Bonchev–Trinajstić information content (AvgIpc) is 3.08. The summed E-state index contributed by atoms with van der Waals surface area (Å²) in [4.78, 5) is 12.3. The van der Waals surface area contributed by atoms with E-state index in [1.165, 1.54) is 16.0 Å². The van der Waals surface area contributed by atoms with Gasteiger partial charge in [-0.15, -0.1) is 0 Å². The van der Waals surface area contributed by atoms with Gasteiger partial charge in [-0.3, -0.25) is 4.79 Å². The molecule has 1 aliphatic rings. The zero-order valence-corrected chi connectivity index (χ0v) is 12.2. The smallest absolute Gasteiger partial charge is 0.280 e. The number of carbonyl (C=O) groups is 1. The summed E-state index contributed by atoms with van der Waals surface area (Å²) in [5.74, 6) is 0.241. The van der Waals surface area contributed by atoms with E-state index in [1.54, 1.807) is 6.07 Å². The SMILES string of the molecule is CC1(c2cc(N)n(C(=O)c3ccsc3)n2)CCCNC1. The van der Waals surface area contributed by atoms with Crippen LogP contribution < -0.4 is 11.1 Å². The average molecular weight is 290 g/mol. The molecular formula is C14H18N4OS. The molecule has 0 bridgehead atoms. The molecule has 2 aromatic heterocycles. The maximum absolute atomic E-state index is 12.3. The van der Waals surface area contributed by atoms with Gasteiger partial charge in [0.2, 0.25) is 0 Å². The Labute approximate surface area is 121 Å². The molecule has 0 saturated carbocycles. The van der Waals surface area contributed by atoms with Crippen molar-refractivity contribution in [3.8, 4) is 0 Å². The number of hydrogen-bond donors (Lipinski definition) is 2. The lowest BCUT2D eigenvalue weighted by Crippen LogP contribution is -2.41. The van der Waals surface area contributed by atoms with Crippen LogP contribution in [-0.2, 0) is 5.41 Å². The standard InChI is InChI=1S/C14H18N4OS/c1-14(4-2-5-16-9-14)11-7-12(15)18(17-11)13(19)10-3-6-20-8-10/h3,6-8,16H,2,4-5,9,15H2,1H3. The quantitative estimate of drug-likeness (QED) is 0.885. The van der Waals surface area contributed by atoms with E-state index in [4.69, 9.17) is 5.73 Å². The van der Waals surface area contributed by atoms with Crippen LogP contribution in [0, 0.1) is 0 Å². The molecular weight excluding hydrogens is 272 g/mol. The molecule has 2 aromatic rings.